The van der Waals surface area contributed by atoms with Crippen LogP contribution in [0, 0.1) is 11.8 Å². The monoisotopic (exact) mass is 513 g/mol. The quantitative estimate of drug-likeness (QED) is 0.339. The average Bonchev–Trinajstić information content (AvgIpc) is 3.54. The number of hydrogen-bond acceptors (Lipinski definition) is 6. The number of rotatable bonds is 6. The molecule has 0 amide bonds. The molecule has 1 N–H and O–H groups in total. The minimum atomic E-state index is -0.838. The fraction of sp³-hybridized carbons (Fsp3) is 0.379. The number of carboxylic acids is 1. The highest BCUT2D eigenvalue weighted by molar-refractivity contribution is 7.17. The number of aromatic carboxylic acids is 1. The Morgan fingerprint density at radius 3 is 2.70 bits per heavy atom. The summed E-state index contributed by atoms with van der Waals surface area (Å²) in [6.07, 6.45) is 9.23. The molecule has 6 rings (SSSR count). The maximum Gasteiger partial charge on any atom is 0.346 e. The third kappa shape index (κ3) is 4.95. The van der Waals surface area contributed by atoms with Gasteiger partial charge in [0.15, 0.2) is 5.82 Å². The summed E-state index contributed by atoms with van der Waals surface area (Å²) >= 11 is 1.39. The number of benzene rings is 1. The number of aromatic nitrogens is 4. The van der Waals surface area contributed by atoms with Crippen LogP contribution in [0.2, 0.25) is 0 Å². The minimum absolute atomic E-state index is 0.456. The van der Waals surface area contributed by atoms with Crippen molar-refractivity contribution in [1.82, 2.24) is 24.5 Å². The van der Waals surface area contributed by atoms with Crippen LogP contribution in [0.15, 0.2) is 60.4 Å². The first kappa shape index (κ1) is 24.0. The van der Waals surface area contributed by atoms with E-state index >= 15 is 0 Å². The summed E-state index contributed by atoms with van der Waals surface area (Å²) in [5.41, 5.74) is 4.65. The minimum Gasteiger partial charge on any atom is -0.477 e. The molecule has 0 bridgehead atoms. The van der Waals surface area contributed by atoms with Crippen LogP contribution in [0.3, 0.4) is 0 Å². The molecule has 37 heavy (non-hydrogen) atoms. The molecule has 1 fully saturated rings. The topological polar surface area (TPSA) is 83.6 Å². The molecule has 1 aliphatic carbocycles. The molecule has 8 heteroatoms. The lowest BCUT2D eigenvalue weighted by Crippen LogP contribution is -2.34. The lowest BCUT2D eigenvalue weighted by Gasteiger charge is -2.37. The zero-order chi connectivity index (χ0) is 25.4. The van der Waals surface area contributed by atoms with Crippen molar-refractivity contribution >= 4 is 28.7 Å². The number of carboxylic acid groups (broad SMARTS) is 1. The molecule has 1 aromatic carbocycles. The van der Waals surface area contributed by atoms with Gasteiger partial charge in [0, 0.05) is 35.9 Å². The Kier molecular flexibility index (Phi) is 6.61. The zero-order valence-electron chi connectivity index (χ0n) is 21.0. The molecule has 7 nitrogen and oxygen atoms in total. The maximum atomic E-state index is 12.4. The van der Waals surface area contributed by atoms with E-state index in [9.17, 15) is 9.90 Å². The van der Waals surface area contributed by atoms with Crippen molar-refractivity contribution in [3.63, 3.8) is 0 Å². The van der Waals surface area contributed by atoms with Gasteiger partial charge in [-0.3, -0.25) is 4.90 Å². The van der Waals surface area contributed by atoms with Crippen molar-refractivity contribution in [2.45, 2.75) is 45.6 Å². The van der Waals surface area contributed by atoms with Crippen LogP contribution < -0.4 is 0 Å². The fourth-order valence-corrected chi connectivity index (χ4v) is 6.86. The molecule has 0 radical (unpaired) electrons. The second-order valence-corrected chi connectivity index (χ2v) is 11.4. The second kappa shape index (κ2) is 10.2. The second-order valence-electron chi connectivity index (χ2n) is 10.3. The van der Waals surface area contributed by atoms with Crippen molar-refractivity contribution in [2.75, 3.05) is 13.1 Å². The number of fused-ring (bicyclic) bond motifs is 1. The summed E-state index contributed by atoms with van der Waals surface area (Å²) in [6.45, 7) is 4.68. The van der Waals surface area contributed by atoms with Crippen LogP contribution in [0.4, 0.5) is 0 Å². The van der Waals surface area contributed by atoms with Gasteiger partial charge in [0.1, 0.15) is 4.88 Å². The van der Waals surface area contributed by atoms with Gasteiger partial charge in [0.2, 0.25) is 0 Å². The van der Waals surface area contributed by atoms with Crippen molar-refractivity contribution in [3.8, 4) is 10.4 Å². The van der Waals surface area contributed by atoms with Crippen LogP contribution in [-0.2, 0) is 6.54 Å². The van der Waals surface area contributed by atoms with Crippen LogP contribution in [-0.4, -0.2) is 48.6 Å². The van der Waals surface area contributed by atoms with E-state index < -0.39 is 5.97 Å². The molecule has 1 saturated carbocycles. The third-order valence-electron chi connectivity index (χ3n) is 7.80. The average molecular weight is 514 g/mol. The van der Waals surface area contributed by atoms with E-state index in [0.29, 0.717) is 23.1 Å². The highest BCUT2D eigenvalue weighted by atomic mass is 32.1. The number of carbonyl (C=O) groups is 1. The van der Waals surface area contributed by atoms with Crippen molar-refractivity contribution in [1.29, 1.82) is 0 Å². The van der Waals surface area contributed by atoms with Gasteiger partial charge in [0.25, 0.3) is 5.78 Å². The molecular weight excluding hydrogens is 482 g/mol. The summed E-state index contributed by atoms with van der Waals surface area (Å²) in [5.74, 6) is 1.80. The van der Waals surface area contributed by atoms with Gasteiger partial charge in [-0.2, -0.15) is 4.98 Å². The number of nitrogens with zero attached hydrogens (tertiary/aromatic N) is 5. The molecule has 0 saturated heterocycles. The molecule has 190 valence electrons. The van der Waals surface area contributed by atoms with E-state index in [1.807, 2.05) is 30.5 Å². The maximum absolute atomic E-state index is 12.4. The normalized spacial score (nSPS) is 21.0. The highest BCUT2D eigenvalue weighted by Gasteiger charge is 2.31. The summed E-state index contributed by atoms with van der Waals surface area (Å²) < 4.78 is 1.72. The molecule has 3 aromatic heterocycles. The summed E-state index contributed by atoms with van der Waals surface area (Å²) in [4.78, 5) is 25.2. The standard InChI is InChI=1S/C29H31N5O2S/c1-19-8-10-20(11-9-19)24-17-33(18-26-31-29-30-13-5-14-34(29)32-26)15-12-22(24)23-16-25(37-27(23)28(35)36)21-6-3-2-4-7-21/h2-7,13-14,16,19-20H,8-12,15,17-18H2,1H3,(H,35,36). The number of hydrogen-bond donors (Lipinski definition) is 1. The lowest BCUT2D eigenvalue weighted by atomic mass is 9.75. The summed E-state index contributed by atoms with van der Waals surface area (Å²) in [7, 11) is 0. The van der Waals surface area contributed by atoms with Gasteiger partial charge in [-0.25, -0.2) is 14.3 Å². The van der Waals surface area contributed by atoms with Crippen molar-refractivity contribution < 1.29 is 9.90 Å². The Balaban J connectivity index is 1.36. The molecular formula is C29H31N5O2S. The van der Waals surface area contributed by atoms with E-state index in [1.165, 1.54) is 48.2 Å². The van der Waals surface area contributed by atoms with Crippen molar-refractivity contribution in [3.05, 3.63) is 76.7 Å². The van der Waals surface area contributed by atoms with Gasteiger partial charge in [-0.15, -0.1) is 16.4 Å². The third-order valence-corrected chi connectivity index (χ3v) is 8.98. The molecule has 0 unspecified atom stereocenters. The van der Waals surface area contributed by atoms with Gasteiger partial charge in [-0.1, -0.05) is 50.1 Å². The molecule has 1 aliphatic heterocycles. The first-order chi connectivity index (χ1) is 18.0. The Hall–Kier alpha value is -3.36. The summed E-state index contributed by atoms with van der Waals surface area (Å²) in [6, 6.07) is 14.1. The predicted octanol–water partition coefficient (Wildman–Crippen LogP) is 6.04. The van der Waals surface area contributed by atoms with E-state index in [2.05, 4.69) is 45.1 Å². The molecule has 0 atom stereocenters. The zero-order valence-corrected chi connectivity index (χ0v) is 21.8. The summed E-state index contributed by atoms with van der Waals surface area (Å²) in [5, 5.41) is 14.8. The molecule has 0 spiro atoms. The van der Waals surface area contributed by atoms with Crippen LogP contribution in [0.25, 0.3) is 21.8 Å². The first-order valence-electron chi connectivity index (χ1n) is 13.1. The Labute approximate surface area is 220 Å². The molecule has 4 heterocycles. The first-order valence-corrected chi connectivity index (χ1v) is 13.9. The van der Waals surface area contributed by atoms with Gasteiger partial charge in [-0.05, 0) is 59.9 Å². The van der Waals surface area contributed by atoms with Gasteiger partial charge >= 0.3 is 5.97 Å². The lowest BCUT2D eigenvalue weighted by molar-refractivity contribution is 0.0702. The Bertz CT molecular complexity index is 1420. The highest BCUT2D eigenvalue weighted by Crippen LogP contribution is 2.43. The Morgan fingerprint density at radius 2 is 1.95 bits per heavy atom. The largest absolute Gasteiger partial charge is 0.477 e. The van der Waals surface area contributed by atoms with Gasteiger partial charge in [0.05, 0.1) is 6.54 Å². The number of thiophene rings is 1. The van der Waals surface area contributed by atoms with E-state index in [-0.39, 0.29) is 0 Å². The van der Waals surface area contributed by atoms with Crippen LogP contribution in [0.5, 0.6) is 0 Å². The van der Waals surface area contributed by atoms with E-state index in [1.54, 1.807) is 10.7 Å². The van der Waals surface area contributed by atoms with Gasteiger partial charge < -0.3 is 5.11 Å². The smallest absolute Gasteiger partial charge is 0.346 e. The fourth-order valence-electron chi connectivity index (χ4n) is 5.83. The molecule has 4 aromatic rings. The van der Waals surface area contributed by atoms with Crippen molar-refractivity contribution in [2.24, 2.45) is 11.8 Å². The van der Waals surface area contributed by atoms with E-state index in [4.69, 9.17) is 0 Å². The van der Waals surface area contributed by atoms with Crippen LogP contribution >= 0.6 is 11.3 Å². The molecule has 2 aliphatic rings. The Morgan fingerprint density at radius 1 is 1.14 bits per heavy atom. The SMILES string of the molecule is CC1CCC(C2=C(c3cc(-c4ccccc4)sc3C(=O)O)CCN(Cc3nc4ncccn4n3)C2)CC1. The predicted molar refractivity (Wildman–Crippen MR) is 145 cm³/mol. The van der Waals surface area contributed by atoms with E-state index in [0.717, 1.165) is 47.3 Å². The van der Waals surface area contributed by atoms with Crippen LogP contribution in [0.1, 0.15) is 60.1 Å².